The van der Waals surface area contributed by atoms with E-state index in [1.54, 1.807) is 6.07 Å². The lowest BCUT2D eigenvalue weighted by molar-refractivity contribution is 0.139. The van der Waals surface area contributed by atoms with Crippen molar-refractivity contribution in [3.8, 4) is 5.75 Å². The van der Waals surface area contributed by atoms with Crippen molar-refractivity contribution in [3.63, 3.8) is 0 Å². The Morgan fingerprint density at radius 2 is 2.12 bits per heavy atom. The molecule has 2 nitrogen and oxygen atoms in total. The van der Waals surface area contributed by atoms with Gasteiger partial charge < -0.3 is 10.1 Å². The second-order valence-electron chi connectivity index (χ2n) is 4.41. The molecule has 1 unspecified atom stereocenters. The van der Waals surface area contributed by atoms with E-state index in [1.807, 2.05) is 0 Å². The van der Waals surface area contributed by atoms with Crippen molar-refractivity contribution >= 4 is 0 Å². The topological polar surface area (TPSA) is 21.3 Å². The van der Waals surface area contributed by atoms with E-state index in [1.165, 1.54) is 19.2 Å². The van der Waals surface area contributed by atoms with Crippen LogP contribution in [0.2, 0.25) is 0 Å². The molecule has 0 radical (unpaired) electrons. The predicted molar refractivity (Wildman–Crippen MR) is 62.5 cm³/mol. The van der Waals surface area contributed by atoms with Crippen LogP contribution in [0.3, 0.4) is 0 Å². The first kappa shape index (κ1) is 12.3. The van der Waals surface area contributed by atoms with Crippen LogP contribution in [0.5, 0.6) is 5.75 Å². The van der Waals surface area contributed by atoms with Crippen LogP contribution in [-0.2, 0) is 5.67 Å². The van der Waals surface area contributed by atoms with Crippen LogP contribution in [0.1, 0.15) is 24.8 Å². The third-order valence-corrected chi connectivity index (χ3v) is 3.28. The van der Waals surface area contributed by atoms with E-state index < -0.39 is 11.5 Å². The molecule has 1 aliphatic rings. The van der Waals surface area contributed by atoms with Gasteiger partial charge in [0.25, 0.3) is 0 Å². The molecule has 0 aliphatic carbocycles. The zero-order valence-electron chi connectivity index (χ0n) is 9.93. The second-order valence-corrected chi connectivity index (χ2v) is 4.41. The van der Waals surface area contributed by atoms with E-state index in [0.29, 0.717) is 25.1 Å². The average molecular weight is 241 g/mol. The number of ether oxygens (including phenoxy) is 1. The molecular weight excluding hydrogens is 224 g/mol. The van der Waals surface area contributed by atoms with E-state index in [2.05, 4.69) is 5.32 Å². The van der Waals surface area contributed by atoms with Gasteiger partial charge in [-0.15, -0.1) is 0 Å². The molecule has 0 spiro atoms. The Balaban J connectivity index is 2.31. The highest BCUT2D eigenvalue weighted by Crippen LogP contribution is 2.37. The molecule has 0 saturated carbocycles. The molecule has 1 aromatic rings. The Kier molecular flexibility index (Phi) is 3.62. The van der Waals surface area contributed by atoms with Gasteiger partial charge in [0.05, 0.1) is 7.11 Å². The molecule has 1 heterocycles. The molecule has 94 valence electrons. The van der Waals surface area contributed by atoms with Crippen LogP contribution in [0.4, 0.5) is 8.78 Å². The summed E-state index contributed by atoms with van der Waals surface area (Å²) in [5, 5.41) is 3.13. The Morgan fingerprint density at radius 1 is 1.29 bits per heavy atom. The van der Waals surface area contributed by atoms with Crippen molar-refractivity contribution < 1.29 is 13.5 Å². The molecule has 1 fully saturated rings. The van der Waals surface area contributed by atoms with Gasteiger partial charge in [0.2, 0.25) is 0 Å². The fourth-order valence-electron chi connectivity index (χ4n) is 2.29. The summed E-state index contributed by atoms with van der Waals surface area (Å²) in [5.74, 6) is -0.102. The highest BCUT2D eigenvalue weighted by molar-refractivity contribution is 5.32. The highest BCUT2D eigenvalue weighted by Gasteiger charge is 2.35. The fourth-order valence-corrected chi connectivity index (χ4v) is 2.29. The number of halogens is 2. The maximum atomic E-state index is 14.7. The number of hydrogen-bond acceptors (Lipinski definition) is 2. The SMILES string of the molecule is COc1ccc(C2(F)CCCNCC2)c(F)c1. The lowest BCUT2D eigenvalue weighted by Gasteiger charge is -2.24. The number of rotatable bonds is 2. The zero-order valence-corrected chi connectivity index (χ0v) is 9.93. The molecule has 0 bridgehead atoms. The highest BCUT2D eigenvalue weighted by atomic mass is 19.1. The van der Waals surface area contributed by atoms with Gasteiger partial charge in [0.1, 0.15) is 17.2 Å². The normalized spacial score (nSPS) is 25.4. The summed E-state index contributed by atoms with van der Waals surface area (Å²) in [7, 11) is 1.47. The lowest BCUT2D eigenvalue weighted by atomic mass is 9.88. The number of benzene rings is 1. The van der Waals surface area contributed by atoms with Gasteiger partial charge in [-0.3, -0.25) is 0 Å². The second kappa shape index (κ2) is 5.00. The summed E-state index contributed by atoms with van der Waals surface area (Å²) in [6.45, 7) is 1.38. The molecule has 1 saturated heterocycles. The first-order valence-corrected chi connectivity index (χ1v) is 5.89. The fraction of sp³-hybridized carbons (Fsp3) is 0.538. The Hall–Kier alpha value is -1.16. The number of alkyl halides is 1. The van der Waals surface area contributed by atoms with Gasteiger partial charge in [-0.25, -0.2) is 8.78 Å². The summed E-state index contributed by atoms with van der Waals surface area (Å²) in [6, 6.07) is 4.35. The molecule has 1 N–H and O–H groups in total. The smallest absolute Gasteiger partial charge is 0.140 e. The minimum Gasteiger partial charge on any atom is -0.497 e. The van der Waals surface area contributed by atoms with Gasteiger partial charge in [0, 0.05) is 11.6 Å². The van der Waals surface area contributed by atoms with E-state index in [-0.39, 0.29) is 5.56 Å². The van der Waals surface area contributed by atoms with Crippen molar-refractivity contribution in [2.75, 3.05) is 20.2 Å². The van der Waals surface area contributed by atoms with Crippen LogP contribution in [-0.4, -0.2) is 20.2 Å². The third kappa shape index (κ3) is 2.57. The average Bonchev–Trinajstić information content (AvgIpc) is 2.54. The number of hydrogen-bond donors (Lipinski definition) is 1. The van der Waals surface area contributed by atoms with Gasteiger partial charge in [0.15, 0.2) is 0 Å². The Labute approximate surface area is 100.0 Å². The van der Waals surface area contributed by atoms with Crippen molar-refractivity contribution in [2.45, 2.75) is 24.9 Å². The number of methoxy groups -OCH3 is 1. The van der Waals surface area contributed by atoms with Crippen molar-refractivity contribution in [1.29, 1.82) is 0 Å². The van der Waals surface area contributed by atoms with Crippen LogP contribution >= 0.6 is 0 Å². The van der Waals surface area contributed by atoms with E-state index in [4.69, 9.17) is 4.74 Å². The molecule has 2 rings (SSSR count). The van der Waals surface area contributed by atoms with Gasteiger partial charge in [-0.1, -0.05) is 0 Å². The van der Waals surface area contributed by atoms with Crippen LogP contribution < -0.4 is 10.1 Å². The summed E-state index contributed by atoms with van der Waals surface area (Å²) in [4.78, 5) is 0. The van der Waals surface area contributed by atoms with E-state index in [9.17, 15) is 8.78 Å². The molecule has 0 amide bonds. The molecule has 1 atom stereocenters. The van der Waals surface area contributed by atoms with Crippen LogP contribution in [0.15, 0.2) is 18.2 Å². The summed E-state index contributed by atoms with van der Waals surface area (Å²) in [6.07, 6.45) is 1.40. The largest absolute Gasteiger partial charge is 0.497 e. The molecule has 4 heteroatoms. The first-order valence-electron chi connectivity index (χ1n) is 5.89. The van der Waals surface area contributed by atoms with Crippen molar-refractivity contribution in [1.82, 2.24) is 5.32 Å². The molecule has 17 heavy (non-hydrogen) atoms. The summed E-state index contributed by atoms with van der Waals surface area (Å²) in [5.41, 5.74) is -1.40. The summed E-state index contributed by atoms with van der Waals surface area (Å²) < 4.78 is 33.5. The third-order valence-electron chi connectivity index (χ3n) is 3.28. The first-order chi connectivity index (χ1) is 8.15. The van der Waals surface area contributed by atoms with E-state index >= 15 is 0 Å². The molecule has 1 aliphatic heterocycles. The maximum Gasteiger partial charge on any atom is 0.140 e. The zero-order chi connectivity index (χ0) is 12.3. The van der Waals surface area contributed by atoms with Gasteiger partial charge in [-0.05, 0) is 44.5 Å². The Morgan fingerprint density at radius 3 is 2.82 bits per heavy atom. The molecule has 0 aromatic heterocycles. The molecular formula is C13H17F2NO. The lowest BCUT2D eigenvalue weighted by Crippen LogP contribution is -2.23. The Bertz CT molecular complexity index is 387. The predicted octanol–water partition coefficient (Wildman–Crippen LogP) is 2.77. The van der Waals surface area contributed by atoms with E-state index in [0.717, 1.165) is 13.0 Å². The van der Waals surface area contributed by atoms with Gasteiger partial charge >= 0.3 is 0 Å². The van der Waals surface area contributed by atoms with Crippen molar-refractivity contribution in [3.05, 3.63) is 29.6 Å². The van der Waals surface area contributed by atoms with Crippen LogP contribution in [0, 0.1) is 5.82 Å². The standard InChI is InChI=1S/C13H17F2NO/c1-17-10-3-4-11(12(14)9-10)13(15)5-2-7-16-8-6-13/h3-4,9,16H,2,5-8H2,1H3. The monoisotopic (exact) mass is 241 g/mol. The minimum atomic E-state index is -1.56. The van der Waals surface area contributed by atoms with Gasteiger partial charge in [-0.2, -0.15) is 0 Å². The molecule has 1 aromatic carbocycles. The maximum absolute atomic E-state index is 14.7. The van der Waals surface area contributed by atoms with Crippen molar-refractivity contribution in [2.24, 2.45) is 0 Å². The quantitative estimate of drug-likeness (QED) is 0.859. The number of nitrogens with one attached hydrogen (secondary N) is 1. The van der Waals surface area contributed by atoms with Crippen LogP contribution in [0.25, 0.3) is 0 Å². The minimum absolute atomic E-state index is 0.155. The summed E-state index contributed by atoms with van der Waals surface area (Å²) >= 11 is 0.